The van der Waals surface area contributed by atoms with Gasteiger partial charge in [0.25, 0.3) is 5.56 Å². The van der Waals surface area contributed by atoms with Gasteiger partial charge in [-0.15, -0.1) is 0 Å². The van der Waals surface area contributed by atoms with Crippen LogP contribution in [0.4, 0.5) is 0 Å². The summed E-state index contributed by atoms with van der Waals surface area (Å²) in [4.78, 5) is 32.6. The molecule has 0 N–H and O–H groups in total. The highest BCUT2D eigenvalue weighted by atomic mass is 32.2. The number of methoxy groups -OCH3 is 1. The first-order valence-corrected chi connectivity index (χ1v) is 12.7. The van der Waals surface area contributed by atoms with Gasteiger partial charge >= 0.3 is 0 Å². The lowest BCUT2D eigenvalue weighted by Crippen LogP contribution is -2.29. The molecule has 7 heteroatoms. The Labute approximate surface area is 204 Å². The Bertz CT molecular complexity index is 1250. The maximum atomic E-state index is 13.3. The van der Waals surface area contributed by atoms with Crippen LogP contribution < -0.4 is 10.3 Å². The van der Waals surface area contributed by atoms with E-state index in [9.17, 15) is 9.59 Å². The first-order chi connectivity index (χ1) is 16.5. The van der Waals surface area contributed by atoms with Crippen LogP contribution in [0, 0.1) is 0 Å². The molecule has 0 saturated carbocycles. The average molecular weight is 478 g/mol. The predicted molar refractivity (Wildman–Crippen MR) is 137 cm³/mol. The molecule has 0 aliphatic heterocycles. The zero-order valence-corrected chi connectivity index (χ0v) is 20.6. The van der Waals surface area contributed by atoms with Crippen molar-refractivity contribution in [2.45, 2.75) is 50.4 Å². The van der Waals surface area contributed by atoms with E-state index in [2.05, 4.69) is 6.08 Å². The number of hydrogen-bond donors (Lipinski definition) is 0. The molecular weight excluding hydrogens is 446 g/mol. The summed E-state index contributed by atoms with van der Waals surface area (Å²) >= 11 is 1.33. The first-order valence-electron chi connectivity index (χ1n) is 11.7. The molecule has 0 saturated heterocycles. The summed E-state index contributed by atoms with van der Waals surface area (Å²) in [5.74, 6) is 0.968. The van der Waals surface area contributed by atoms with Crippen molar-refractivity contribution in [3.63, 3.8) is 0 Å². The minimum absolute atomic E-state index is 0.0169. The number of benzene rings is 2. The minimum Gasteiger partial charge on any atom is -0.497 e. The van der Waals surface area contributed by atoms with E-state index >= 15 is 0 Å². The molecule has 3 aromatic rings. The Kier molecular flexibility index (Phi) is 8.06. The highest BCUT2D eigenvalue weighted by Crippen LogP contribution is 2.23. The zero-order chi connectivity index (χ0) is 23.9. The van der Waals surface area contributed by atoms with Crippen LogP contribution in [-0.2, 0) is 17.9 Å². The summed E-state index contributed by atoms with van der Waals surface area (Å²) in [7, 11) is 3.42. The molecule has 178 valence electrons. The molecule has 1 aliphatic rings. The van der Waals surface area contributed by atoms with Gasteiger partial charge in [0, 0.05) is 20.1 Å². The van der Waals surface area contributed by atoms with Crippen molar-refractivity contribution in [2.75, 3.05) is 19.9 Å². The predicted octanol–water partition coefficient (Wildman–Crippen LogP) is 5.05. The molecule has 34 heavy (non-hydrogen) atoms. The summed E-state index contributed by atoms with van der Waals surface area (Å²) < 4.78 is 7.02. The zero-order valence-electron chi connectivity index (χ0n) is 19.8. The van der Waals surface area contributed by atoms with Gasteiger partial charge in [0.05, 0.1) is 23.8 Å². The number of aromatic nitrogens is 2. The molecule has 0 radical (unpaired) electrons. The Morgan fingerprint density at radius 1 is 1.18 bits per heavy atom. The lowest BCUT2D eigenvalue weighted by Gasteiger charge is -2.19. The fourth-order valence-electron chi connectivity index (χ4n) is 4.21. The number of fused-ring (bicyclic) bond motifs is 1. The van der Waals surface area contributed by atoms with Crippen LogP contribution in [0.5, 0.6) is 5.75 Å². The van der Waals surface area contributed by atoms with E-state index in [-0.39, 0.29) is 17.2 Å². The maximum Gasteiger partial charge on any atom is 0.262 e. The fourth-order valence-corrected chi connectivity index (χ4v) is 5.18. The number of carbonyl (C=O) groups excluding carboxylic acids is 1. The van der Waals surface area contributed by atoms with Gasteiger partial charge in [-0.2, -0.15) is 0 Å². The molecule has 0 unspecified atom stereocenters. The normalized spacial score (nSPS) is 13.5. The summed E-state index contributed by atoms with van der Waals surface area (Å²) in [5.41, 5.74) is 3.04. The molecular formula is C27H31N3O3S. The van der Waals surface area contributed by atoms with Crippen LogP contribution in [0.15, 0.2) is 70.1 Å². The number of rotatable bonds is 9. The smallest absolute Gasteiger partial charge is 0.262 e. The molecule has 1 aliphatic carbocycles. The molecule has 4 rings (SSSR count). The van der Waals surface area contributed by atoms with E-state index in [0.717, 1.165) is 30.6 Å². The lowest BCUT2D eigenvalue weighted by atomic mass is 9.97. The molecule has 0 spiro atoms. The number of para-hydroxylation sites is 1. The summed E-state index contributed by atoms with van der Waals surface area (Å²) in [5, 5.41) is 1.22. The van der Waals surface area contributed by atoms with Crippen molar-refractivity contribution >= 4 is 28.6 Å². The Morgan fingerprint density at radius 3 is 2.82 bits per heavy atom. The monoisotopic (exact) mass is 477 g/mol. The van der Waals surface area contributed by atoms with Crippen molar-refractivity contribution in [1.29, 1.82) is 0 Å². The molecule has 2 aromatic carbocycles. The summed E-state index contributed by atoms with van der Waals surface area (Å²) in [6, 6.07) is 15.1. The van der Waals surface area contributed by atoms with Gasteiger partial charge in [0.2, 0.25) is 5.91 Å². The van der Waals surface area contributed by atoms with Gasteiger partial charge < -0.3 is 9.64 Å². The van der Waals surface area contributed by atoms with E-state index in [4.69, 9.17) is 9.72 Å². The summed E-state index contributed by atoms with van der Waals surface area (Å²) in [6.45, 7) is 1.07. The van der Waals surface area contributed by atoms with Crippen LogP contribution in [0.2, 0.25) is 0 Å². The van der Waals surface area contributed by atoms with Crippen LogP contribution in [-0.4, -0.2) is 40.3 Å². The first kappa shape index (κ1) is 24.1. The minimum atomic E-state index is -0.0401. The number of allylic oxidation sites excluding steroid dienone is 2. The van der Waals surface area contributed by atoms with Gasteiger partial charge in [0.1, 0.15) is 5.75 Å². The standard InChI is InChI=1S/C27H31N3O3S/c1-29(18-21-11-8-12-22(17-21)33-2)25(31)19-34-27-28-24-14-7-6-13-23(24)26(32)30(27)16-15-20-9-4-3-5-10-20/h6-9,11-14,17H,3-5,10,15-16,18-19H2,1-2H3. The molecule has 0 bridgehead atoms. The fraction of sp³-hybridized carbons (Fsp3) is 0.370. The summed E-state index contributed by atoms with van der Waals surface area (Å²) in [6.07, 6.45) is 7.84. The van der Waals surface area contributed by atoms with Crippen molar-refractivity contribution in [2.24, 2.45) is 0 Å². The molecule has 1 heterocycles. The van der Waals surface area contributed by atoms with Crippen LogP contribution in [0.3, 0.4) is 0 Å². The second-order valence-corrected chi connectivity index (χ2v) is 9.56. The second kappa shape index (κ2) is 11.4. The number of nitrogens with zero attached hydrogens (tertiary/aromatic N) is 3. The number of amides is 1. The van der Waals surface area contributed by atoms with Gasteiger partial charge in [-0.25, -0.2) is 4.98 Å². The third-order valence-electron chi connectivity index (χ3n) is 6.17. The lowest BCUT2D eigenvalue weighted by molar-refractivity contribution is -0.127. The van der Waals surface area contributed by atoms with Crippen LogP contribution in [0.25, 0.3) is 10.9 Å². The third kappa shape index (κ3) is 5.89. The van der Waals surface area contributed by atoms with Crippen molar-refractivity contribution in [1.82, 2.24) is 14.5 Å². The molecule has 6 nitrogen and oxygen atoms in total. The molecule has 1 aromatic heterocycles. The highest BCUT2D eigenvalue weighted by Gasteiger charge is 2.16. The number of ether oxygens (including phenoxy) is 1. The van der Waals surface area contributed by atoms with Gasteiger partial charge in [-0.1, -0.05) is 47.7 Å². The third-order valence-corrected chi connectivity index (χ3v) is 7.13. The average Bonchev–Trinajstić information content (AvgIpc) is 2.87. The number of carbonyl (C=O) groups is 1. The van der Waals surface area contributed by atoms with Crippen molar-refractivity contribution in [3.8, 4) is 5.75 Å². The molecule has 0 fully saturated rings. The maximum absolute atomic E-state index is 13.3. The van der Waals surface area contributed by atoms with Crippen LogP contribution in [0.1, 0.15) is 37.7 Å². The molecule has 1 amide bonds. The van der Waals surface area contributed by atoms with Gasteiger partial charge in [-0.05, 0) is 61.9 Å². The number of thioether (sulfide) groups is 1. The van der Waals surface area contributed by atoms with Crippen molar-refractivity contribution in [3.05, 3.63) is 76.1 Å². The highest BCUT2D eigenvalue weighted by molar-refractivity contribution is 7.99. The Balaban J connectivity index is 1.49. The van der Waals surface area contributed by atoms with E-state index < -0.39 is 0 Å². The number of hydrogen-bond acceptors (Lipinski definition) is 5. The van der Waals surface area contributed by atoms with E-state index in [1.54, 1.807) is 23.6 Å². The van der Waals surface area contributed by atoms with Gasteiger partial charge in [-0.3, -0.25) is 14.2 Å². The second-order valence-electron chi connectivity index (χ2n) is 8.62. The van der Waals surface area contributed by atoms with Crippen molar-refractivity contribution < 1.29 is 9.53 Å². The quantitative estimate of drug-likeness (QED) is 0.245. The topological polar surface area (TPSA) is 64.4 Å². The van der Waals surface area contributed by atoms with E-state index in [1.165, 1.54) is 30.2 Å². The Hall–Kier alpha value is -3.06. The van der Waals surface area contributed by atoms with E-state index in [0.29, 0.717) is 29.1 Å². The van der Waals surface area contributed by atoms with Gasteiger partial charge in [0.15, 0.2) is 5.16 Å². The molecule has 0 atom stereocenters. The van der Waals surface area contributed by atoms with Crippen LogP contribution >= 0.6 is 11.8 Å². The Morgan fingerprint density at radius 2 is 2.03 bits per heavy atom. The van der Waals surface area contributed by atoms with E-state index in [1.807, 2.05) is 48.5 Å². The largest absolute Gasteiger partial charge is 0.497 e. The SMILES string of the molecule is COc1cccc(CN(C)C(=O)CSc2nc3ccccc3c(=O)n2CCC2=CCCCC2)c1.